The molecular weight excluding hydrogens is 262 g/mol. The van der Waals surface area contributed by atoms with Gasteiger partial charge in [-0.3, -0.25) is 4.79 Å². The van der Waals surface area contributed by atoms with Crippen molar-refractivity contribution in [3.8, 4) is 0 Å². The summed E-state index contributed by atoms with van der Waals surface area (Å²) in [4.78, 5) is 12.2. The monoisotopic (exact) mass is 287 g/mol. The third-order valence-corrected chi connectivity index (χ3v) is 5.09. The van der Waals surface area contributed by atoms with Gasteiger partial charge in [-0.2, -0.15) is 0 Å². The van der Waals surface area contributed by atoms with E-state index in [9.17, 15) is 9.90 Å². The average molecular weight is 287 g/mol. The molecule has 1 aromatic rings. The first-order valence-electron chi connectivity index (χ1n) is 8.03. The van der Waals surface area contributed by atoms with Gasteiger partial charge >= 0.3 is 0 Å². The fourth-order valence-corrected chi connectivity index (χ4v) is 2.95. The van der Waals surface area contributed by atoms with Crippen molar-refractivity contribution in [3.63, 3.8) is 0 Å². The van der Waals surface area contributed by atoms with Crippen molar-refractivity contribution in [1.82, 2.24) is 5.32 Å². The van der Waals surface area contributed by atoms with Gasteiger partial charge in [0.15, 0.2) is 0 Å². The molecule has 2 aliphatic rings. The molecule has 1 amide bonds. The maximum absolute atomic E-state index is 12.2. The Labute approximate surface area is 126 Å². The number of benzene rings is 1. The molecule has 0 radical (unpaired) electrons. The van der Waals surface area contributed by atoms with Crippen LogP contribution >= 0.6 is 0 Å². The zero-order valence-electron chi connectivity index (χ0n) is 12.9. The first-order chi connectivity index (χ1) is 10.0. The zero-order chi connectivity index (χ0) is 15.0. The molecule has 2 aliphatic carbocycles. The van der Waals surface area contributed by atoms with Gasteiger partial charge < -0.3 is 10.4 Å². The quantitative estimate of drug-likeness (QED) is 0.845. The Kier molecular flexibility index (Phi) is 3.78. The van der Waals surface area contributed by atoms with E-state index in [1.807, 2.05) is 0 Å². The van der Waals surface area contributed by atoms with E-state index >= 15 is 0 Å². The molecule has 0 aliphatic heterocycles. The summed E-state index contributed by atoms with van der Waals surface area (Å²) < 4.78 is 0. The van der Waals surface area contributed by atoms with Gasteiger partial charge in [-0.15, -0.1) is 0 Å². The molecule has 0 bridgehead atoms. The molecule has 0 heterocycles. The lowest BCUT2D eigenvalue weighted by Gasteiger charge is -2.12. The molecule has 2 unspecified atom stereocenters. The number of aliphatic hydroxyl groups is 1. The molecule has 0 aromatic heterocycles. The van der Waals surface area contributed by atoms with E-state index in [1.54, 1.807) is 0 Å². The highest BCUT2D eigenvalue weighted by Crippen LogP contribution is 2.48. The summed E-state index contributed by atoms with van der Waals surface area (Å²) in [6.45, 7) is 5.21. The number of hydrogen-bond acceptors (Lipinski definition) is 2. The predicted octanol–water partition coefficient (Wildman–Crippen LogP) is 2.80. The standard InChI is InChI=1S/C18H25NO2/c1-12(2)13-3-5-14(6-4-13)15-9-16(15)17(21)19-10-18(11-20)7-8-18/h3-6,12,15-16,20H,7-11H2,1-2H3,(H,19,21). The maximum Gasteiger partial charge on any atom is 0.223 e. The van der Waals surface area contributed by atoms with Crippen molar-refractivity contribution >= 4 is 5.91 Å². The van der Waals surface area contributed by atoms with Gasteiger partial charge in [-0.05, 0) is 42.2 Å². The van der Waals surface area contributed by atoms with E-state index < -0.39 is 0 Å². The summed E-state index contributed by atoms with van der Waals surface area (Å²) in [5.74, 6) is 1.22. The summed E-state index contributed by atoms with van der Waals surface area (Å²) >= 11 is 0. The van der Waals surface area contributed by atoms with Crippen molar-refractivity contribution in [1.29, 1.82) is 0 Å². The van der Waals surface area contributed by atoms with E-state index in [1.165, 1.54) is 11.1 Å². The highest BCUT2D eigenvalue weighted by molar-refractivity contribution is 5.83. The topological polar surface area (TPSA) is 49.3 Å². The maximum atomic E-state index is 12.2. The van der Waals surface area contributed by atoms with Crippen molar-refractivity contribution in [2.75, 3.05) is 13.2 Å². The summed E-state index contributed by atoms with van der Waals surface area (Å²) in [5.41, 5.74) is 2.63. The van der Waals surface area contributed by atoms with Gasteiger partial charge in [-0.1, -0.05) is 38.1 Å². The van der Waals surface area contributed by atoms with E-state index in [-0.39, 0.29) is 23.8 Å². The van der Waals surface area contributed by atoms with Gasteiger partial charge in [0.2, 0.25) is 5.91 Å². The molecule has 1 aromatic carbocycles. The van der Waals surface area contributed by atoms with E-state index in [4.69, 9.17) is 0 Å². The number of carbonyl (C=O) groups excluding carboxylic acids is 1. The van der Waals surface area contributed by atoms with Crippen molar-refractivity contribution in [2.24, 2.45) is 11.3 Å². The normalized spacial score (nSPS) is 25.7. The second kappa shape index (κ2) is 5.45. The molecule has 21 heavy (non-hydrogen) atoms. The van der Waals surface area contributed by atoms with Crippen molar-refractivity contribution < 1.29 is 9.90 Å². The number of rotatable bonds is 6. The molecule has 2 N–H and O–H groups in total. The molecule has 114 valence electrons. The molecule has 0 saturated heterocycles. The first-order valence-corrected chi connectivity index (χ1v) is 8.03. The van der Waals surface area contributed by atoms with Crippen LogP contribution in [0.3, 0.4) is 0 Å². The van der Waals surface area contributed by atoms with Crippen LogP contribution in [0.15, 0.2) is 24.3 Å². The predicted molar refractivity (Wildman–Crippen MR) is 83.1 cm³/mol. The summed E-state index contributed by atoms with van der Waals surface area (Å²) in [6.07, 6.45) is 3.03. The Balaban J connectivity index is 1.52. The minimum absolute atomic E-state index is 0.00103. The number of hydrogen-bond donors (Lipinski definition) is 2. The van der Waals surface area contributed by atoms with Crippen LogP contribution in [-0.2, 0) is 4.79 Å². The van der Waals surface area contributed by atoms with Gasteiger partial charge in [-0.25, -0.2) is 0 Å². The van der Waals surface area contributed by atoms with E-state index in [0.717, 1.165) is 19.3 Å². The third kappa shape index (κ3) is 3.13. The van der Waals surface area contributed by atoms with Crippen LogP contribution in [0.5, 0.6) is 0 Å². The Bertz CT molecular complexity index is 517. The minimum atomic E-state index is -0.00103. The van der Waals surface area contributed by atoms with Crippen LogP contribution in [0.1, 0.15) is 56.1 Å². The molecule has 3 nitrogen and oxygen atoms in total. The molecule has 2 atom stereocenters. The highest BCUT2D eigenvalue weighted by atomic mass is 16.3. The Hall–Kier alpha value is -1.35. The number of nitrogens with one attached hydrogen (secondary N) is 1. The number of aliphatic hydroxyl groups excluding tert-OH is 1. The highest BCUT2D eigenvalue weighted by Gasteiger charge is 2.46. The fraction of sp³-hybridized carbons (Fsp3) is 0.611. The number of amides is 1. The SMILES string of the molecule is CC(C)c1ccc(C2CC2C(=O)NCC2(CO)CC2)cc1. The van der Waals surface area contributed by atoms with Crippen LogP contribution in [0, 0.1) is 11.3 Å². The van der Waals surface area contributed by atoms with Gasteiger partial charge in [0, 0.05) is 17.9 Å². The molecule has 3 heteroatoms. The van der Waals surface area contributed by atoms with Gasteiger partial charge in [0.05, 0.1) is 6.61 Å². The molecular formula is C18H25NO2. The third-order valence-electron chi connectivity index (χ3n) is 5.09. The van der Waals surface area contributed by atoms with Crippen LogP contribution < -0.4 is 5.32 Å². The number of carbonyl (C=O) groups is 1. The molecule has 3 rings (SSSR count). The van der Waals surface area contributed by atoms with Crippen molar-refractivity contribution in [3.05, 3.63) is 35.4 Å². The fourth-order valence-electron chi connectivity index (χ4n) is 2.95. The zero-order valence-corrected chi connectivity index (χ0v) is 12.9. The lowest BCUT2D eigenvalue weighted by Crippen LogP contribution is -2.33. The van der Waals surface area contributed by atoms with Gasteiger partial charge in [0.1, 0.15) is 0 Å². The minimum Gasteiger partial charge on any atom is -0.396 e. The van der Waals surface area contributed by atoms with Crippen LogP contribution in [-0.4, -0.2) is 24.2 Å². The van der Waals surface area contributed by atoms with Crippen LogP contribution in [0.25, 0.3) is 0 Å². The second-order valence-electron chi connectivity index (χ2n) is 7.15. The summed E-state index contributed by atoms with van der Waals surface area (Å²) in [6, 6.07) is 8.70. The largest absolute Gasteiger partial charge is 0.396 e. The Morgan fingerprint density at radius 2 is 2.00 bits per heavy atom. The smallest absolute Gasteiger partial charge is 0.223 e. The van der Waals surface area contributed by atoms with E-state index in [0.29, 0.717) is 18.4 Å². The Morgan fingerprint density at radius 1 is 1.33 bits per heavy atom. The van der Waals surface area contributed by atoms with Crippen molar-refractivity contribution in [2.45, 2.75) is 44.9 Å². The van der Waals surface area contributed by atoms with Gasteiger partial charge in [0.25, 0.3) is 0 Å². The average Bonchev–Trinajstić information content (AvgIpc) is 3.38. The first kappa shape index (κ1) is 14.6. The van der Waals surface area contributed by atoms with Crippen LogP contribution in [0.4, 0.5) is 0 Å². The summed E-state index contributed by atoms with van der Waals surface area (Å²) in [5, 5.41) is 12.3. The lowest BCUT2D eigenvalue weighted by atomic mass is 10.00. The molecule has 2 saturated carbocycles. The van der Waals surface area contributed by atoms with E-state index in [2.05, 4.69) is 43.4 Å². The summed E-state index contributed by atoms with van der Waals surface area (Å²) in [7, 11) is 0. The second-order valence-corrected chi connectivity index (χ2v) is 7.15. The lowest BCUT2D eigenvalue weighted by molar-refractivity contribution is -0.122. The van der Waals surface area contributed by atoms with Crippen LogP contribution in [0.2, 0.25) is 0 Å². The molecule has 2 fully saturated rings. The Morgan fingerprint density at radius 3 is 2.52 bits per heavy atom. The molecule has 0 spiro atoms.